The molecule has 0 bridgehead atoms. The highest BCUT2D eigenvalue weighted by Crippen LogP contribution is 2.17. The summed E-state index contributed by atoms with van der Waals surface area (Å²) in [5.74, 6) is 0.695. The number of benzene rings is 1. The molecular formula is C19H28N2. The molecule has 0 fully saturated rings. The van der Waals surface area contributed by atoms with E-state index in [1.807, 2.05) is 0 Å². The van der Waals surface area contributed by atoms with E-state index in [1.165, 1.54) is 28.1 Å². The van der Waals surface area contributed by atoms with Crippen molar-refractivity contribution in [3.63, 3.8) is 0 Å². The SMILES string of the molecule is Cc1ccc(Cn2c(C)cc(CNCC(C)C)c2C)cc1. The molecule has 0 radical (unpaired) electrons. The monoisotopic (exact) mass is 284 g/mol. The lowest BCUT2D eigenvalue weighted by Crippen LogP contribution is -2.19. The lowest BCUT2D eigenvalue weighted by molar-refractivity contribution is 0.551. The van der Waals surface area contributed by atoms with Crippen LogP contribution < -0.4 is 5.32 Å². The van der Waals surface area contributed by atoms with Crippen LogP contribution in [0.15, 0.2) is 30.3 Å². The predicted molar refractivity (Wildman–Crippen MR) is 90.7 cm³/mol. The third-order valence-corrected chi connectivity index (χ3v) is 4.01. The zero-order valence-electron chi connectivity index (χ0n) is 14.0. The van der Waals surface area contributed by atoms with Crippen LogP contribution in [0.4, 0.5) is 0 Å². The summed E-state index contributed by atoms with van der Waals surface area (Å²) >= 11 is 0. The smallest absolute Gasteiger partial charge is 0.0475 e. The van der Waals surface area contributed by atoms with Gasteiger partial charge >= 0.3 is 0 Å². The Morgan fingerprint density at radius 1 is 1.05 bits per heavy atom. The molecule has 1 heterocycles. The van der Waals surface area contributed by atoms with Crippen LogP contribution in [0, 0.1) is 26.7 Å². The van der Waals surface area contributed by atoms with E-state index in [4.69, 9.17) is 0 Å². The highest BCUT2D eigenvalue weighted by atomic mass is 15.0. The Hall–Kier alpha value is -1.54. The molecule has 2 rings (SSSR count). The van der Waals surface area contributed by atoms with Gasteiger partial charge in [0.15, 0.2) is 0 Å². The van der Waals surface area contributed by atoms with Gasteiger partial charge in [0, 0.05) is 24.5 Å². The summed E-state index contributed by atoms with van der Waals surface area (Å²) in [6.07, 6.45) is 0. The summed E-state index contributed by atoms with van der Waals surface area (Å²) in [5, 5.41) is 3.54. The molecular weight excluding hydrogens is 256 g/mol. The van der Waals surface area contributed by atoms with Crippen molar-refractivity contribution in [3.8, 4) is 0 Å². The van der Waals surface area contributed by atoms with E-state index in [-0.39, 0.29) is 0 Å². The molecule has 0 aliphatic heterocycles. The van der Waals surface area contributed by atoms with Crippen LogP contribution in [-0.2, 0) is 13.1 Å². The molecule has 0 unspecified atom stereocenters. The zero-order chi connectivity index (χ0) is 15.4. The molecule has 0 spiro atoms. The average Bonchev–Trinajstić information content (AvgIpc) is 2.69. The van der Waals surface area contributed by atoms with E-state index < -0.39 is 0 Å². The lowest BCUT2D eigenvalue weighted by atomic mass is 10.1. The van der Waals surface area contributed by atoms with Gasteiger partial charge < -0.3 is 9.88 Å². The number of rotatable bonds is 6. The molecule has 0 atom stereocenters. The van der Waals surface area contributed by atoms with E-state index >= 15 is 0 Å². The van der Waals surface area contributed by atoms with Gasteiger partial charge in [-0.1, -0.05) is 43.7 Å². The molecule has 0 aliphatic rings. The number of aromatic nitrogens is 1. The third kappa shape index (κ3) is 4.21. The van der Waals surface area contributed by atoms with Crippen molar-refractivity contribution < 1.29 is 0 Å². The minimum atomic E-state index is 0.695. The van der Waals surface area contributed by atoms with Crippen molar-refractivity contribution in [1.82, 2.24) is 9.88 Å². The quantitative estimate of drug-likeness (QED) is 0.841. The van der Waals surface area contributed by atoms with E-state index in [0.29, 0.717) is 5.92 Å². The van der Waals surface area contributed by atoms with Crippen LogP contribution in [0.3, 0.4) is 0 Å². The van der Waals surface area contributed by atoms with Gasteiger partial charge in [-0.15, -0.1) is 0 Å². The first kappa shape index (κ1) is 15.8. The average molecular weight is 284 g/mol. The molecule has 2 nitrogen and oxygen atoms in total. The van der Waals surface area contributed by atoms with Crippen molar-refractivity contribution in [1.29, 1.82) is 0 Å². The second kappa shape index (κ2) is 6.95. The minimum absolute atomic E-state index is 0.695. The Bertz CT molecular complexity index is 576. The largest absolute Gasteiger partial charge is 0.344 e. The second-order valence-corrected chi connectivity index (χ2v) is 6.49. The molecule has 1 N–H and O–H groups in total. The summed E-state index contributed by atoms with van der Waals surface area (Å²) in [6.45, 7) is 14.0. The third-order valence-electron chi connectivity index (χ3n) is 4.01. The molecule has 1 aromatic carbocycles. The van der Waals surface area contributed by atoms with E-state index in [2.05, 4.69) is 74.8 Å². The van der Waals surface area contributed by atoms with Crippen LogP contribution in [0.2, 0.25) is 0 Å². The van der Waals surface area contributed by atoms with E-state index in [1.54, 1.807) is 0 Å². The molecule has 0 amide bonds. The summed E-state index contributed by atoms with van der Waals surface area (Å²) in [5.41, 5.74) is 6.82. The van der Waals surface area contributed by atoms with Gasteiger partial charge in [-0.2, -0.15) is 0 Å². The molecule has 21 heavy (non-hydrogen) atoms. The summed E-state index contributed by atoms with van der Waals surface area (Å²) < 4.78 is 2.41. The molecule has 0 saturated heterocycles. The number of nitrogens with zero attached hydrogens (tertiary/aromatic N) is 1. The Labute approximate surface area is 129 Å². The maximum atomic E-state index is 3.54. The zero-order valence-corrected chi connectivity index (χ0v) is 14.0. The van der Waals surface area contributed by atoms with Crippen molar-refractivity contribution in [3.05, 3.63) is 58.4 Å². The highest BCUT2D eigenvalue weighted by Gasteiger charge is 2.09. The van der Waals surface area contributed by atoms with Gasteiger partial charge in [0.25, 0.3) is 0 Å². The Balaban J connectivity index is 2.09. The first-order valence-corrected chi connectivity index (χ1v) is 7.89. The maximum Gasteiger partial charge on any atom is 0.0475 e. The first-order valence-electron chi connectivity index (χ1n) is 7.89. The van der Waals surface area contributed by atoms with Crippen molar-refractivity contribution in [2.24, 2.45) is 5.92 Å². The fraction of sp³-hybridized carbons (Fsp3) is 0.474. The van der Waals surface area contributed by atoms with Gasteiger partial charge in [0.2, 0.25) is 0 Å². The highest BCUT2D eigenvalue weighted by molar-refractivity contribution is 5.29. The summed E-state index contributed by atoms with van der Waals surface area (Å²) in [4.78, 5) is 0. The summed E-state index contributed by atoms with van der Waals surface area (Å²) in [7, 11) is 0. The number of hydrogen-bond donors (Lipinski definition) is 1. The van der Waals surface area contributed by atoms with Gasteiger partial charge in [0.1, 0.15) is 0 Å². The summed E-state index contributed by atoms with van der Waals surface area (Å²) in [6, 6.07) is 11.1. The lowest BCUT2D eigenvalue weighted by Gasteiger charge is -2.11. The van der Waals surface area contributed by atoms with Gasteiger partial charge in [-0.05, 0) is 50.4 Å². The Morgan fingerprint density at radius 2 is 1.71 bits per heavy atom. The first-order chi connectivity index (χ1) is 9.97. The fourth-order valence-corrected chi connectivity index (χ4v) is 2.67. The van der Waals surface area contributed by atoms with Crippen molar-refractivity contribution in [2.75, 3.05) is 6.54 Å². The van der Waals surface area contributed by atoms with Crippen molar-refractivity contribution >= 4 is 0 Å². The van der Waals surface area contributed by atoms with Gasteiger partial charge in [-0.3, -0.25) is 0 Å². The predicted octanol–water partition coefficient (Wildman–Crippen LogP) is 4.21. The van der Waals surface area contributed by atoms with Crippen LogP contribution in [0.5, 0.6) is 0 Å². The number of hydrogen-bond acceptors (Lipinski definition) is 1. The molecule has 0 saturated carbocycles. The number of aryl methyl sites for hydroxylation is 2. The van der Waals surface area contributed by atoms with Crippen LogP contribution in [0.25, 0.3) is 0 Å². The Morgan fingerprint density at radius 3 is 2.33 bits per heavy atom. The van der Waals surface area contributed by atoms with Gasteiger partial charge in [-0.25, -0.2) is 0 Å². The molecule has 2 heteroatoms. The normalized spacial score (nSPS) is 11.3. The molecule has 0 aliphatic carbocycles. The number of nitrogens with one attached hydrogen (secondary N) is 1. The Kier molecular flexibility index (Phi) is 5.24. The molecule has 114 valence electrons. The van der Waals surface area contributed by atoms with Crippen LogP contribution >= 0.6 is 0 Å². The topological polar surface area (TPSA) is 17.0 Å². The minimum Gasteiger partial charge on any atom is -0.344 e. The van der Waals surface area contributed by atoms with Crippen molar-refractivity contribution in [2.45, 2.75) is 47.7 Å². The van der Waals surface area contributed by atoms with Crippen LogP contribution in [0.1, 0.15) is 41.9 Å². The second-order valence-electron chi connectivity index (χ2n) is 6.49. The fourth-order valence-electron chi connectivity index (χ4n) is 2.67. The molecule has 1 aromatic heterocycles. The molecule has 2 aromatic rings. The standard InChI is InChI=1S/C19H28N2/c1-14(2)11-20-12-19-10-16(4)21(17(19)5)13-18-8-6-15(3)7-9-18/h6-10,14,20H,11-13H2,1-5H3. The van der Waals surface area contributed by atoms with E-state index in [9.17, 15) is 0 Å². The maximum absolute atomic E-state index is 3.54. The van der Waals surface area contributed by atoms with Crippen LogP contribution in [-0.4, -0.2) is 11.1 Å². The van der Waals surface area contributed by atoms with Gasteiger partial charge in [0.05, 0.1) is 0 Å². The van der Waals surface area contributed by atoms with E-state index in [0.717, 1.165) is 19.6 Å².